The van der Waals surface area contributed by atoms with Gasteiger partial charge in [-0.1, -0.05) is 0 Å². The fourth-order valence-electron chi connectivity index (χ4n) is 5.65. The number of alkyl halides is 3. The molecule has 3 fully saturated rings. The third kappa shape index (κ3) is 5.59. The highest BCUT2D eigenvalue weighted by atomic mass is 19.3. The van der Waals surface area contributed by atoms with E-state index in [1.807, 2.05) is 0 Å². The molecular formula is C27H35F3N8O3. The quantitative estimate of drug-likeness (QED) is 0.367. The largest absolute Gasteiger partial charge is 0.382 e. The topological polar surface area (TPSA) is 113 Å². The van der Waals surface area contributed by atoms with Gasteiger partial charge in [0.25, 0.3) is 5.92 Å². The van der Waals surface area contributed by atoms with E-state index in [1.165, 1.54) is 24.9 Å². The molecule has 2 aliphatic heterocycles. The van der Waals surface area contributed by atoms with Crippen molar-refractivity contribution >= 4 is 28.4 Å². The van der Waals surface area contributed by atoms with Crippen LogP contribution in [0.1, 0.15) is 39.5 Å². The summed E-state index contributed by atoms with van der Waals surface area (Å²) in [5, 5.41) is 15.2. The second-order valence-electron chi connectivity index (χ2n) is 11.9. The third-order valence-electron chi connectivity index (χ3n) is 8.06. The zero-order valence-corrected chi connectivity index (χ0v) is 23.4. The Balaban J connectivity index is 1.25. The van der Waals surface area contributed by atoms with Crippen molar-refractivity contribution in [1.29, 1.82) is 0 Å². The number of anilines is 2. The van der Waals surface area contributed by atoms with E-state index in [1.54, 1.807) is 24.1 Å². The molecule has 222 valence electrons. The Labute approximate surface area is 235 Å². The molecule has 3 aliphatic rings. The number of aromatic amines is 1. The van der Waals surface area contributed by atoms with E-state index in [2.05, 4.69) is 25.4 Å². The number of fused-ring (bicyclic) bond motifs is 1. The minimum atomic E-state index is -2.91. The smallest absolute Gasteiger partial charge is 0.322 e. The zero-order chi connectivity index (χ0) is 29.0. The number of hydrogen-bond acceptors (Lipinski definition) is 7. The number of ether oxygens (including phenoxy) is 2. The van der Waals surface area contributed by atoms with Crippen molar-refractivity contribution in [3.63, 3.8) is 0 Å². The van der Waals surface area contributed by atoms with Crippen LogP contribution in [0.15, 0.2) is 18.5 Å². The fraction of sp³-hybridized carbons (Fsp3) is 0.630. The average molecular weight is 577 g/mol. The van der Waals surface area contributed by atoms with Crippen LogP contribution < -0.4 is 10.2 Å². The number of nitrogens with one attached hydrogen (secondary N) is 2. The first kappa shape index (κ1) is 27.8. The lowest BCUT2D eigenvalue weighted by Gasteiger charge is -2.40. The number of hydrogen-bond donors (Lipinski definition) is 2. The van der Waals surface area contributed by atoms with E-state index in [0.29, 0.717) is 54.7 Å². The summed E-state index contributed by atoms with van der Waals surface area (Å²) in [7, 11) is 1.63. The standard InChI is InChI=1S/C27H35F3N8O3/c1-25(2,28)15-38-21-10-19(31-11-18(21)23(35-38)36-13-17(14-36)41-9-8-40-3)22-20(12-32-34-22)33-24(39)37-16-27(29,30)7-6-26(37)4-5-26/h10-12,17H,4-9,13-16H2,1-3H3,(H,32,34)(H,33,39). The third-order valence-corrected chi connectivity index (χ3v) is 8.06. The van der Waals surface area contributed by atoms with Gasteiger partial charge in [0.15, 0.2) is 5.82 Å². The predicted octanol–water partition coefficient (Wildman–Crippen LogP) is 4.22. The molecular weight excluding hydrogens is 541 g/mol. The van der Waals surface area contributed by atoms with Crippen molar-refractivity contribution in [3.05, 3.63) is 18.5 Å². The van der Waals surface area contributed by atoms with Crippen LogP contribution in [-0.4, -0.2) is 99.1 Å². The summed E-state index contributed by atoms with van der Waals surface area (Å²) in [6.07, 6.45) is 4.69. The highest BCUT2D eigenvalue weighted by Crippen LogP contribution is 2.51. The van der Waals surface area contributed by atoms with E-state index >= 15 is 0 Å². The highest BCUT2D eigenvalue weighted by Gasteiger charge is 2.57. The summed E-state index contributed by atoms with van der Waals surface area (Å²) in [5.74, 6) is -2.22. The lowest BCUT2D eigenvalue weighted by Crippen LogP contribution is -2.54. The molecule has 0 bridgehead atoms. The van der Waals surface area contributed by atoms with Crippen LogP contribution in [0.25, 0.3) is 22.3 Å². The number of carbonyl (C=O) groups is 1. The number of nitrogens with zero attached hydrogens (tertiary/aromatic N) is 6. The Hall–Kier alpha value is -3.39. The van der Waals surface area contributed by atoms with E-state index in [0.717, 1.165) is 18.2 Å². The van der Waals surface area contributed by atoms with Gasteiger partial charge in [0.05, 0.1) is 60.9 Å². The van der Waals surface area contributed by atoms with E-state index in [9.17, 15) is 18.0 Å². The van der Waals surface area contributed by atoms with Crippen molar-refractivity contribution in [3.8, 4) is 11.4 Å². The molecule has 6 rings (SSSR count). The summed E-state index contributed by atoms with van der Waals surface area (Å²) >= 11 is 0. The maximum Gasteiger partial charge on any atom is 0.322 e. The molecule has 1 aliphatic carbocycles. The molecule has 0 unspecified atom stereocenters. The van der Waals surface area contributed by atoms with Gasteiger partial charge in [0, 0.05) is 38.4 Å². The molecule has 11 nitrogen and oxygen atoms in total. The van der Waals surface area contributed by atoms with Crippen LogP contribution in [0.5, 0.6) is 0 Å². The Bertz CT molecular complexity index is 1420. The molecule has 2 N–H and O–H groups in total. The number of amides is 2. The number of likely N-dealkylation sites (tertiary alicyclic amines) is 1. The van der Waals surface area contributed by atoms with Crippen molar-refractivity contribution in [2.24, 2.45) is 0 Å². The van der Waals surface area contributed by atoms with Crippen LogP contribution in [0.2, 0.25) is 0 Å². The van der Waals surface area contributed by atoms with Gasteiger partial charge in [-0.3, -0.25) is 14.8 Å². The van der Waals surface area contributed by atoms with E-state index in [-0.39, 0.29) is 25.5 Å². The normalized spacial score (nSPS) is 20.0. The van der Waals surface area contributed by atoms with Gasteiger partial charge in [-0.05, 0) is 39.2 Å². The summed E-state index contributed by atoms with van der Waals surface area (Å²) < 4.78 is 55.6. The van der Waals surface area contributed by atoms with Crippen LogP contribution in [0.4, 0.5) is 29.5 Å². The van der Waals surface area contributed by atoms with Crippen LogP contribution in [0.3, 0.4) is 0 Å². The number of carbonyl (C=O) groups excluding carboxylic acids is 1. The van der Waals surface area contributed by atoms with Gasteiger partial charge >= 0.3 is 6.03 Å². The van der Waals surface area contributed by atoms with Crippen molar-refractivity contribution in [2.75, 3.05) is 50.2 Å². The predicted molar refractivity (Wildman–Crippen MR) is 146 cm³/mol. The first-order chi connectivity index (χ1) is 19.5. The summed E-state index contributed by atoms with van der Waals surface area (Å²) in [6.45, 7) is 4.71. The SMILES string of the molecule is COCCOC1CN(c2nn(CC(C)(C)F)c3cc(-c4[nH]ncc4NC(=O)N4CC(F)(F)CCC45CC5)ncc23)C1. The number of piperidine rings is 1. The van der Waals surface area contributed by atoms with Crippen LogP contribution in [-0.2, 0) is 16.0 Å². The van der Waals surface area contributed by atoms with Crippen molar-refractivity contribution in [2.45, 2.75) is 69.3 Å². The molecule has 0 radical (unpaired) electrons. The van der Waals surface area contributed by atoms with Crippen LogP contribution >= 0.6 is 0 Å². The minimum absolute atomic E-state index is 0.0202. The Morgan fingerprint density at radius 3 is 2.66 bits per heavy atom. The lowest BCUT2D eigenvalue weighted by atomic mass is 9.97. The van der Waals surface area contributed by atoms with Crippen molar-refractivity contribution < 1.29 is 27.4 Å². The Morgan fingerprint density at radius 1 is 1.20 bits per heavy atom. The monoisotopic (exact) mass is 576 g/mol. The fourth-order valence-corrected chi connectivity index (χ4v) is 5.65. The number of H-pyrrole nitrogens is 1. The number of halogens is 3. The van der Waals surface area contributed by atoms with Gasteiger partial charge in [0.2, 0.25) is 0 Å². The molecule has 1 spiro atoms. The maximum atomic E-state index is 14.8. The second-order valence-corrected chi connectivity index (χ2v) is 11.9. The highest BCUT2D eigenvalue weighted by molar-refractivity contribution is 5.96. The molecule has 1 saturated carbocycles. The molecule has 3 aromatic rings. The summed E-state index contributed by atoms with van der Waals surface area (Å²) in [6, 6.07) is 1.18. The number of urea groups is 1. The minimum Gasteiger partial charge on any atom is -0.382 e. The molecule has 0 aromatic carbocycles. The lowest BCUT2D eigenvalue weighted by molar-refractivity contribution is -0.0721. The molecule has 2 saturated heterocycles. The van der Waals surface area contributed by atoms with Gasteiger partial charge in [-0.25, -0.2) is 18.0 Å². The van der Waals surface area contributed by atoms with Crippen LogP contribution in [0, 0.1) is 0 Å². The number of aromatic nitrogens is 5. The first-order valence-electron chi connectivity index (χ1n) is 13.9. The Morgan fingerprint density at radius 2 is 1.95 bits per heavy atom. The summed E-state index contributed by atoms with van der Waals surface area (Å²) in [4.78, 5) is 21.1. The zero-order valence-electron chi connectivity index (χ0n) is 23.4. The molecule has 3 aromatic heterocycles. The van der Waals surface area contributed by atoms with Gasteiger partial charge in [-0.2, -0.15) is 10.2 Å². The second kappa shape index (κ2) is 10.2. The number of methoxy groups -OCH3 is 1. The Kier molecular flexibility index (Phi) is 6.88. The van der Waals surface area contributed by atoms with Gasteiger partial charge in [-0.15, -0.1) is 0 Å². The molecule has 2 amide bonds. The average Bonchev–Trinajstić information content (AvgIpc) is 3.38. The molecule has 0 atom stereocenters. The number of pyridine rings is 1. The molecule has 5 heterocycles. The summed E-state index contributed by atoms with van der Waals surface area (Å²) in [5.41, 5.74) is -0.161. The van der Waals surface area contributed by atoms with E-state index < -0.39 is 29.7 Å². The number of rotatable bonds is 9. The van der Waals surface area contributed by atoms with Gasteiger partial charge < -0.3 is 24.6 Å². The van der Waals surface area contributed by atoms with Crippen molar-refractivity contribution in [1.82, 2.24) is 29.9 Å². The molecule has 14 heteroatoms. The maximum absolute atomic E-state index is 14.8. The molecule has 41 heavy (non-hydrogen) atoms. The van der Waals surface area contributed by atoms with Gasteiger partial charge in [0.1, 0.15) is 11.4 Å². The van der Waals surface area contributed by atoms with E-state index in [4.69, 9.17) is 14.6 Å². The first-order valence-corrected chi connectivity index (χ1v) is 13.9.